The molecule has 1 unspecified atom stereocenters. The van der Waals surface area contributed by atoms with E-state index in [2.05, 4.69) is 17.6 Å². The zero-order valence-electron chi connectivity index (χ0n) is 24.0. The van der Waals surface area contributed by atoms with Crippen LogP contribution in [0.5, 0.6) is 0 Å². The van der Waals surface area contributed by atoms with Crippen molar-refractivity contribution >= 4 is 29.2 Å². The van der Waals surface area contributed by atoms with Gasteiger partial charge >= 0.3 is 5.97 Å². The first kappa shape index (κ1) is 32.1. The Balaban J connectivity index is 1.61. The molecule has 0 spiro atoms. The van der Waals surface area contributed by atoms with Crippen LogP contribution >= 0.6 is 0 Å². The molecule has 2 amide bonds. The molecule has 6 nitrogen and oxygen atoms in total. The lowest BCUT2D eigenvalue weighted by atomic mass is 9.95. The quantitative estimate of drug-likeness (QED) is 0.117. The third-order valence-electron chi connectivity index (χ3n) is 7.24. The van der Waals surface area contributed by atoms with Gasteiger partial charge in [-0.15, -0.1) is 0 Å². The Morgan fingerprint density at radius 3 is 1.69 bits per heavy atom. The van der Waals surface area contributed by atoms with Gasteiger partial charge < -0.3 is 15.7 Å². The molecule has 0 fully saturated rings. The molecular weight excluding hydrogens is 488 g/mol. The SMILES string of the molecule is CCCCCCCCCCCCCCCC(=O)Nc1ccc(NC(=O)C(Cc2ccccc2C)C(=O)O)cc1. The third kappa shape index (κ3) is 13.5. The molecule has 39 heavy (non-hydrogen) atoms. The van der Waals surface area contributed by atoms with Crippen LogP contribution < -0.4 is 10.6 Å². The minimum atomic E-state index is -1.19. The Labute approximate surface area is 235 Å². The second-order valence-electron chi connectivity index (χ2n) is 10.6. The number of hydrogen-bond acceptors (Lipinski definition) is 3. The zero-order chi connectivity index (χ0) is 28.3. The highest BCUT2D eigenvalue weighted by Crippen LogP contribution is 2.19. The first-order valence-electron chi connectivity index (χ1n) is 14.9. The van der Waals surface area contributed by atoms with E-state index in [4.69, 9.17) is 0 Å². The van der Waals surface area contributed by atoms with Crippen LogP contribution in [0, 0.1) is 12.8 Å². The van der Waals surface area contributed by atoms with Crippen LogP contribution in [0.15, 0.2) is 48.5 Å². The molecule has 1 atom stereocenters. The molecule has 6 heteroatoms. The van der Waals surface area contributed by atoms with E-state index in [1.165, 1.54) is 70.6 Å². The Kier molecular flexibility index (Phi) is 15.6. The van der Waals surface area contributed by atoms with E-state index >= 15 is 0 Å². The number of carboxylic acid groups (broad SMARTS) is 1. The average molecular weight is 537 g/mol. The van der Waals surface area contributed by atoms with Crippen LogP contribution in [-0.4, -0.2) is 22.9 Å². The maximum absolute atomic E-state index is 12.7. The second kappa shape index (κ2) is 19.0. The van der Waals surface area contributed by atoms with Crippen molar-refractivity contribution in [3.8, 4) is 0 Å². The van der Waals surface area contributed by atoms with E-state index < -0.39 is 17.8 Å². The summed E-state index contributed by atoms with van der Waals surface area (Å²) in [4.78, 5) is 36.7. The summed E-state index contributed by atoms with van der Waals surface area (Å²) >= 11 is 0. The average Bonchev–Trinajstić information content (AvgIpc) is 2.91. The van der Waals surface area contributed by atoms with E-state index in [1.807, 2.05) is 31.2 Å². The van der Waals surface area contributed by atoms with Crippen molar-refractivity contribution < 1.29 is 19.5 Å². The standard InChI is InChI=1S/C33H48N2O4/c1-3-4-5-6-7-8-9-10-11-12-13-14-15-20-31(36)34-28-21-23-29(24-22-28)35-32(37)30(33(38)39)25-27-19-17-16-18-26(27)2/h16-19,21-24,30H,3-15,20,25H2,1-2H3,(H,34,36)(H,35,37)(H,38,39). The van der Waals surface area contributed by atoms with Gasteiger partial charge in [0.05, 0.1) is 0 Å². The van der Waals surface area contributed by atoms with Crippen molar-refractivity contribution in [3.63, 3.8) is 0 Å². The summed E-state index contributed by atoms with van der Waals surface area (Å²) in [5.41, 5.74) is 2.94. The van der Waals surface area contributed by atoms with Crippen molar-refractivity contribution in [2.45, 2.75) is 110 Å². The summed E-state index contributed by atoms with van der Waals surface area (Å²) in [6, 6.07) is 14.2. The molecule has 0 aliphatic rings. The van der Waals surface area contributed by atoms with Gasteiger partial charge in [0.15, 0.2) is 0 Å². The second-order valence-corrected chi connectivity index (χ2v) is 10.6. The highest BCUT2D eigenvalue weighted by molar-refractivity contribution is 6.04. The van der Waals surface area contributed by atoms with E-state index in [0.29, 0.717) is 17.8 Å². The van der Waals surface area contributed by atoms with Gasteiger partial charge in [-0.25, -0.2) is 0 Å². The molecule has 214 valence electrons. The number of carboxylic acids is 1. The highest BCUT2D eigenvalue weighted by Gasteiger charge is 2.27. The maximum atomic E-state index is 12.7. The number of carbonyl (C=O) groups is 3. The number of benzene rings is 2. The minimum absolute atomic E-state index is 0.0148. The number of rotatable bonds is 20. The predicted octanol–water partition coefficient (Wildman–Crippen LogP) is 8.30. The smallest absolute Gasteiger partial charge is 0.316 e. The Morgan fingerprint density at radius 2 is 1.18 bits per heavy atom. The van der Waals surface area contributed by atoms with Gasteiger partial charge in [0.25, 0.3) is 0 Å². The number of amides is 2. The van der Waals surface area contributed by atoms with Crippen molar-refractivity contribution in [1.82, 2.24) is 0 Å². The molecule has 0 saturated heterocycles. The molecule has 0 bridgehead atoms. The summed E-state index contributed by atoms with van der Waals surface area (Å²) in [5, 5.41) is 15.2. The molecule has 0 aromatic heterocycles. The van der Waals surface area contributed by atoms with E-state index in [1.54, 1.807) is 24.3 Å². The molecule has 0 saturated carbocycles. The Hall–Kier alpha value is -3.15. The lowest BCUT2D eigenvalue weighted by Crippen LogP contribution is -2.31. The summed E-state index contributed by atoms with van der Waals surface area (Å²) in [6.07, 6.45) is 17.2. The molecule has 2 aromatic carbocycles. The number of anilines is 2. The van der Waals surface area contributed by atoms with E-state index in [-0.39, 0.29) is 12.3 Å². The van der Waals surface area contributed by atoms with Crippen molar-refractivity contribution in [3.05, 3.63) is 59.7 Å². The topological polar surface area (TPSA) is 95.5 Å². The molecule has 0 radical (unpaired) electrons. The summed E-state index contributed by atoms with van der Waals surface area (Å²) in [6.45, 7) is 4.16. The normalized spacial score (nSPS) is 11.6. The van der Waals surface area contributed by atoms with Crippen LogP contribution in [0.1, 0.15) is 108 Å². The van der Waals surface area contributed by atoms with Crippen molar-refractivity contribution in [2.75, 3.05) is 10.6 Å². The predicted molar refractivity (Wildman–Crippen MR) is 160 cm³/mol. The van der Waals surface area contributed by atoms with E-state index in [0.717, 1.165) is 24.0 Å². The largest absolute Gasteiger partial charge is 0.481 e. The lowest BCUT2D eigenvalue weighted by molar-refractivity contribution is -0.145. The van der Waals surface area contributed by atoms with Crippen LogP contribution in [0.3, 0.4) is 0 Å². The van der Waals surface area contributed by atoms with Gasteiger partial charge in [0.1, 0.15) is 5.92 Å². The highest BCUT2D eigenvalue weighted by atomic mass is 16.4. The van der Waals surface area contributed by atoms with Crippen molar-refractivity contribution in [2.24, 2.45) is 5.92 Å². The van der Waals surface area contributed by atoms with Gasteiger partial charge in [-0.2, -0.15) is 0 Å². The van der Waals surface area contributed by atoms with E-state index in [9.17, 15) is 19.5 Å². The minimum Gasteiger partial charge on any atom is -0.481 e. The molecule has 0 aliphatic heterocycles. The van der Waals surface area contributed by atoms with Gasteiger partial charge in [0, 0.05) is 17.8 Å². The summed E-state index contributed by atoms with van der Waals surface area (Å²) in [5.74, 6) is -2.93. The fraction of sp³-hybridized carbons (Fsp3) is 0.545. The van der Waals surface area contributed by atoms with Gasteiger partial charge in [-0.1, -0.05) is 108 Å². The number of aliphatic carboxylic acids is 1. The van der Waals surface area contributed by atoms with Gasteiger partial charge in [-0.3, -0.25) is 14.4 Å². The Bertz CT molecular complexity index is 1000. The molecule has 2 rings (SSSR count). The number of nitrogens with one attached hydrogen (secondary N) is 2. The monoisotopic (exact) mass is 536 g/mol. The Morgan fingerprint density at radius 1 is 0.692 bits per heavy atom. The fourth-order valence-corrected chi connectivity index (χ4v) is 4.74. The number of carbonyl (C=O) groups excluding carboxylic acids is 2. The molecule has 3 N–H and O–H groups in total. The van der Waals surface area contributed by atoms with Crippen LogP contribution in [0.25, 0.3) is 0 Å². The molecule has 0 heterocycles. The van der Waals surface area contributed by atoms with Gasteiger partial charge in [0.2, 0.25) is 11.8 Å². The number of hydrogen-bond donors (Lipinski definition) is 3. The molecule has 2 aromatic rings. The summed E-state index contributed by atoms with van der Waals surface area (Å²) in [7, 11) is 0. The first-order valence-corrected chi connectivity index (χ1v) is 14.9. The maximum Gasteiger partial charge on any atom is 0.316 e. The zero-order valence-corrected chi connectivity index (χ0v) is 24.0. The molecular formula is C33H48N2O4. The first-order chi connectivity index (χ1) is 18.9. The lowest BCUT2D eigenvalue weighted by Gasteiger charge is -2.15. The fourth-order valence-electron chi connectivity index (χ4n) is 4.74. The summed E-state index contributed by atoms with van der Waals surface area (Å²) < 4.78 is 0. The van der Waals surface area contributed by atoms with Crippen LogP contribution in [-0.2, 0) is 20.8 Å². The number of aryl methyl sites for hydroxylation is 1. The van der Waals surface area contributed by atoms with Gasteiger partial charge in [-0.05, 0) is 55.2 Å². The third-order valence-corrected chi connectivity index (χ3v) is 7.24. The van der Waals surface area contributed by atoms with Crippen LogP contribution in [0.2, 0.25) is 0 Å². The van der Waals surface area contributed by atoms with Crippen LogP contribution in [0.4, 0.5) is 11.4 Å². The van der Waals surface area contributed by atoms with Crippen molar-refractivity contribution in [1.29, 1.82) is 0 Å². The number of unbranched alkanes of at least 4 members (excludes halogenated alkanes) is 12. The molecule has 0 aliphatic carbocycles.